The summed E-state index contributed by atoms with van der Waals surface area (Å²) in [6.07, 6.45) is 0. The minimum absolute atomic E-state index is 0.120. The molecule has 0 saturated carbocycles. The summed E-state index contributed by atoms with van der Waals surface area (Å²) in [6, 6.07) is 7.70. The van der Waals surface area contributed by atoms with Gasteiger partial charge in [-0.05, 0) is 34.1 Å². The van der Waals surface area contributed by atoms with E-state index >= 15 is 0 Å². The number of halogens is 1. The Hall–Kier alpha value is -1.93. The second-order valence-corrected chi connectivity index (χ2v) is 6.58. The molecule has 110 valence electrons. The molecule has 1 aromatic heterocycles. The predicted molar refractivity (Wildman–Crippen MR) is 82.8 cm³/mol. The average Bonchev–Trinajstić information content (AvgIpc) is 2.89. The molecular weight excluding hydrogens is 360 g/mol. The van der Waals surface area contributed by atoms with Crippen LogP contribution in [0, 0.1) is 10.1 Å². The highest BCUT2D eigenvalue weighted by Gasteiger charge is 2.16. The number of amides is 1. The van der Waals surface area contributed by atoms with Crippen molar-refractivity contribution in [2.45, 2.75) is 6.54 Å². The quantitative estimate of drug-likeness (QED) is 0.646. The fraction of sp³-hybridized carbons (Fsp3) is 0.154. The molecule has 0 bridgehead atoms. The highest BCUT2D eigenvalue weighted by molar-refractivity contribution is 9.11. The van der Waals surface area contributed by atoms with Crippen LogP contribution in [0.3, 0.4) is 0 Å². The Kier molecular flexibility index (Phi) is 4.92. The van der Waals surface area contributed by atoms with Crippen molar-refractivity contribution in [3.8, 4) is 5.75 Å². The first-order valence-electron chi connectivity index (χ1n) is 5.86. The first kappa shape index (κ1) is 15.5. The molecule has 1 N–H and O–H groups in total. The molecule has 21 heavy (non-hydrogen) atoms. The SMILES string of the molecule is COc1cc([N+](=O)[O-])ccc1C(=O)NCc1ccc(Br)s1. The van der Waals surface area contributed by atoms with Gasteiger partial charge in [0.05, 0.1) is 34.0 Å². The van der Waals surface area contributed by atoms with Gasteiger partial charge in [-0.3, -0.25) is 14.9 Å². The molecule has 0 spiro atoms. The minimum Gasteiger partial charge on any atom is -0.496 e. The molecule has 0 saturated heterocycles. The molecule has 0 fully saturated rings. The summed E-state index contributed by atoms with van der Waals surface area (Å²) in [6.45, 7) is 0.384. The summed E-state index contributed by atoms with van der Waals surface area (Å²) >= 11 is 4.87. The lowest BCUT2D eigenvalue weighted by molar-refractivity contribution is -0.384. The maximum absolute atomic E-state index is 12.1. The number of hydrogen-bond acceptors (Lipinski definition) is 5. The average molecular weight is 371 g/mol. The first-order valence-corrected chi connectivity index (χ1v) is 7.47. The normalized spacial score (nSPS) is 10.2. The van der Waals surface area contributed by atoms with Crippen LogP contribution in [0.15, 0.2) is 34.1 Å². The van der Waals surface area contributed by atoms with Crippen molar-refractivity contribution < 1.29 is 14.5 Å². The molecule has 0 unspecified atom stereocenters. The number of nitrogens with one attached hydrogen (secondary N) is 1. The molecule has 2 aromatic rings. The van der Waals surface area contributed by atoms with E-state index in [-0.39, 0.29) is 22.9 Å². The molecule has 6 nitrogen and oxygen atoms in total. The summed E-state index contributed by atoms with van der Waals surface area (Å²) < 4.78 is 6.03. The Morgan fingerprint density at radius 2 is 2.19 bits per heavy atom. The number of nitrogens with zero attached hydrogens (tertiary/aromatic N) is 1. The minimum atomic E-state index is -0.534. The van der Waals surface area contributed by atoms with Crippen molar-refractivity contribution in [2.24, 2.45) is 0 Å². The summed E-state index contributed by atoms with van der Waals surface area (Å²) in [5.74, 6) is -0.166. The maximum Gasteiger partial charge on any atom is 0.273 e. The van der Waals surface area contributed by atoms with Crippen LogP contribution in [0.25, 0.3) is 0 Å². The van der Waals surface area contributed by atoms with Gasteiger partial charge in [-0.2, -0.15) is 0 Å². The van der Waals surface area contributed by atoms with Gasteiger partial charge in [0.2, 0.25) is 0 Å². The van der Waals surface area contributed by atoms with Crippen molar-refractivity contribution in [2.75, 3.05) is 7.11 Å². The summed E-state index contributed by atoms with van der Waals surface area (Å²) in [7, 11) is 1.37. The predicted octanol–water partition coefficient (Wildman–Crippen LogP) is 3.36. The lowest BCUT2D eigenvalue weighted by atomic mass is 10.1. The molecule has 1 heterocycles. The summed E-state index contributed by atoms with van der Waals surface area (Å²) in [5, 5.41) is 13.5. The van der Waals surface area contributed by atoms with Crippen LogP contribution in [-0.2, 0) is 6.54 Å². The van der Waals surface area contributed by atoms with Crippen LogP contribution in [0.1, 0.15) is 15.2 Å². The zero-order valence-corrected chi connectivity index (χ0v) is 13.4. The number of rotatable bonds is 5. The third-order valence-corrected chi connectivity index (χ3v) is 4.32. The van der Waals surface area contributed by atoms with E-state index in [0.29, 0.717) is 6.54 Å². The van der Waals surface area contributed by atoms with Crippen molar-refractivity contribution in [3.05, 3.63) is 54.7 Å². The van der Waals surface area contributed by atoms with Gasteiger partial charge in [0, 0.05) is 10.9 Å². The highest BCUT2D eigenvalue weighted by Crippen LogP contribution is 2.25. The summed E-state index contributed by atoms with van der Waals surface area (Å²) in [4.78, 5) is 23.3. The Morgan fingerprint density at radius 1 is 1.43 bits per heavy atom. The van der Waals surface area contributed by atoms with Crippen molar-refractivity contribution >= 4 is 38.9 Å². The number of ether oxygens (including phenoxy) is 1. The molecule has 0 aliphatic rings. The van der Waals surface area contributed by atoms with E-state index in [1.165, 1.54) is 36.6 Å². The Labute approximate surface area is 133 Å². The maximum atomic E-state index is 12.1. The van der Waals surface area contributed by atoms with Gasteiger partial charge >= 0.3 is 0 Å². The topological polar surface area (TPSA) is 81.5 Å². The standard InChI is InChI=1S/C13H11BrN2O4S/c1-20-11-6-8(16(18)19)2-4-10(11)13(17)15-7-9-3-5-12(14)21-9/h2-6H,7H2,1H3,(H,15,17). The largest absolute Gasteiger partial charge is 0.496 e. The van der Waals surface area contributed by atoms with E-state index < -0.39 is 4.92 Å². The van der Waals surface area contributed by atoms with Crippen LogP contribution in [0.5, 0.6) is 5.75 Å². The van der Waals surface area contributed by atoms with Crippen LogP contribution in [0.2, 0.25) is 0 Å². The number of benzene rings is 1. The lowest BCUT2D eigenvalue weighted by Gasteiger charge is -2.08. The Bertz CT molecular complexity index is 687. The number of hydrogen-bond donors (Lipinski definition) is 1. The van der Waals surface area contributed by atoms with Gasteiger partial charge in [0.15, 0.2) is 0 Å². The number of methoxy groups -OCH3 is 1. The summed E-state index contributed by atoms with van der Waals surface area (Å²) in [5.41, 5.74) is 0.143. The second kappa shape index (κ2) is 6.68. The molecule has 0 aliphatic carbocycles. The van der Waals surface area contributed by atoms with E-state index in [1.54, 1.807) is 0 Å². The molecule has 2 rings (SSSR count). The van der Waals surface area contributed by atoms with Gasteiger partial charge in [0.1, 0.15) is 5.75 Å². The second-order valence-electron chi connectivity index (χ2n) is 4.03. The number of non-ortho nitro benzene ring substituents is 1. The van der Waals surface area contributed by atoms with E-state index in [9.17, 15) is 14.9 Å². The van der Waals surface area contributed by atoms with Crippen LogP contribution < -0.4 is 10.1 Å². The first-order chi connectivity index (χ1) is 10.0. The molecular formula is C13H11BrN2O4S. The van der Waals surface area contributed by atoms with Gasteiger partial charge in [-0.25, -0.2) is 0 Å². The highest BCUT2D eigenvalue weighted by atomic mass is 79.9. The number of nitro groups is 1. The smallest absolute Gasteiger partial charge is 0.273 e. The third kappa shape index (κ3) is 3.79. The Morgan fingerprint density at radius 3 is 2.76 bits per heavy atom. The zero-order valence-electron chi connectivity index (χ0n) is 11.0. The fourth-order valence-electron chi connectivity index (χ4n) is 1.69. The van der Waals surface area contributed by atoms with Gasteiger partial charge in [-0.15, -0.1) is 11.3 Å². The van der Waals surface area contributed by atoms with Crippen molar-refractivity contribution in [3.63, 3.8) is 0 Å². The lowest BCUT2D eigenvalue weighted by Crippen LogP contribution is -2.22. The van der Waals surface area contributed by atoms with Crippen LogP contribution in [-0.4, -0.2) is 17.9 Å². The third-order valence-electron chi connectivity index (χ3n) is 2.69. The molecule has 1 aromatic carbocycles. The monoisotopic (exact) mass is 370 g/mol. The van der Waals surface area contributed by atoms with Gasteiger partial charge in [0.25, 0.3) is 11.6 Å². The number of thiophene rings is 1. The van der Waals surface area contributed by atoms with E-state index in [2.05, 4.69) is 21.2 Å². The van der Waals surface area contributed by atoms with Gasteiger partial charge < -0.3 is 10.1 Å². The molecule has 0 aliphatic heterocycles. The molecule has 1 amide bonds. The Balaban J connectivity index is 2.13. The van der Waals surface area contributed by atoms with Crippen molar-refractivity contribution in [1.82, 2.24) is 5.32 Å². The van der Waals surface area contributed by atoms with Crippen LogP contribution >= 0.6 is 27.3 Å². The molecule has 8 heteroatoms. The number of carbonyl (C=O) groups is 1. The number of nitro benzene ring substituents is 1. The van der Waals surface area contributed by atoms with Gasteiger partial charge in [-0.1, -0.05) is 0 Å². The fourth-order valence-corrected chi connectivity index (χ4v) is 3.11. The van der Waals surface area contributed by atoms with E-state index in [4.69, 9.17) is 4.74 Å². The van der Waals surface area contributed by atoms with E-state index in [1.807, 2.05) is 12.1 Å². The van der Waals surface area contributed by atoms with Crippen molar-refractivity contribution in [1.29, 1.82) is 0 Å². The number of carbonyl (C=O) groups excluding carboxylic acids is 1. The van der Waals surface area contributed by atoms with E-state index in [0.717, 1.165) is 8.66 Å². The molecule has 0 radical (unpaired) electrons. The van der Waals surface area contributed by atoms with Crippen LogP contribution in [0.4, 0.5) is 5.69 Å². The zero-order chi connectivity index (χ0) is 15.4. The molecule has 0 atom stereocenters.